The molecule has 1 aliphatic rings. The number of likely N-dealkylation sites (N-methyl/N-ethyl adjacent to an activating group) is 1. The van der Waals surface area contributed by atoms with Crippen LogP contribution in [-0.4, -0.2) is 46.7 Å². The van der Waals surface area contributed by atoms with Gasteiger partial charge in [-0.3, -0.25) is 9.78 Å². The van der Waals surface area contributed by atoms with Crippen molar-refractivity contribution < 1.29 is 9.59 Å². The lowest BCUT2D eigenvalue weighted by atomic mass is 10.1. The van der Waals surface area contributed by atoms with Crippen molar-refractivity contribution in [3.63, 3.8) is 0 Å². The Morgan fingerprint density at radius 2 is 2.12 bits per heavy atom. The van der Waals surface area contributed by atoms with E-state index in [1.54, 1.807) is 29.2 Å². The van der Waals surface area contributed by atoms with Crippen LogP contribution in [0.2, 0.25) is 0 Å². The standard InChI is InChI=1S/C12H15N3O2/c1-9(16)7-15-8-11(14(2)12(15)17)10-3-5-13-6-4-10/h3-6,11H,7-8H2,1-2H3. The maximum atomic E-state index is 11.9. The Kier molecular flexibility index (Phi) is 3.08. The topological polar surface area (TPSA) is 53.5 Å². The zero-order chi connectivity index (χ0) is 12.4. The highest BCUT2D eigenvalue weighted by Crippen LogP contribution is 2.27. The number of Topliss-reactive ketones (excluding diaryl/α,β-unsaturated/α-hetero) is 1. The average Bonchev–Trinajstić information content (AvgIpc) is 2.58. The van der Waals surface area contributed by atoms with Crippen LogP contribution in [0.25, 0.3) is 0 Å². The van der Waals surface area contributed by atoms with Crippen LogP contribution < -0.4 is 0 Å². The lowest BCUT2D eigenvalue weighted by Gasteiger charge is -2.17. The molecule has 0 saturated carbocycles. The van der Waals surface area contributed by atoms with E-state index in [0.29, 0.717) is 6.54 Å². The van der Waals surface area contributed by atoms with Gasteiger partial charge in [0, 0.05) is 26.0 Å². The number of carbonyl (C=O) groups is 2. The minimum Gasteiger partial charge on any atom is -0.319 e. The van der Waals surface area contributed by atoms with Crippen molar-refractivity contribution in [3.8, 4) is 0 Å². The van der Waals surface area contributed by atoms with Crippen LogP contribution in [0.5, 0.6) is 0 Å². The van der Waals surface area contributed by atoms with Crippen LogP contribution in [0.1, 0.15) is 18.5 Å². The molecule has 1 aromatic rings. The van der Waals surface area contributed by atoms with Gasteiger partial charge >= 0.3 is 6.03 Å². The number of ketones is 1. The first-order chi connectivity index (χ1) is 8.09. The van der Waals surface area contributed by atoms with Crippen LogP contribution in [-0.2, 0) is 4.79 Å². The molecule has 1 saturated heterocycles. The Hall–Kier alpha value is -1.91. The number of pyridine rings is 1. The summed E-state index contributed by atoms with van der Waals surface area (Å²) >= 11 is 0. The molecule has 5 heteroatoms. The molecule has 90 valence electrons. The Morgan fingerprint density at radius 3 is 2.71 bits per heavy atom. The van der Waals surface area contributed by atoms with Crippen LogP contribution in [0.3, 0.4) is 0 Å². The van der Waals surface area contributed by atoms with E-state index in [1.807, 2.05) is 12.1 Å². The molecule has 0 N–H and O–H groups in total. The van der Waals surface area contributed by atoms with Crippen molar-refractivity contribution in [2.75, 3.05) is 20.1 Å². The number of carbonyl (C=O) groups excluding carboxylic acids is 2. The predicted octanol–water partition coefficient (Wildman–Crippen LogP) is 1.08. The number of rotatable bonds is 3. The molecule has 1 fully saturated rings. The first-order valence-electron chi connectivity index (χ1n) is 5.50. The highest BCUT2D eigenvalue weighted by atomic mass is 16.2. The maximum Gasteiger partial charge on any atom is 0.320 e. The fourth-order valence-electron chi connectivity index (χ4n) is 2.08. The lowest BCUT2D eigenvalue weighted by Crippen LogP contribution is -2.32. The summed E-state index contributed by atoms with van der Waals surface area (Å²) in [5.74, 6) is 0.00197. The summed E-state index contributed by atoms with van der Waals surface area (Å²) in [5.41, 5.74) is 1.04. The van der Waals surface area contributed by atoms with Gasteiger partial charge in [-0.1, -0.05) is 0 Å². The third-order valence-corrected chi connectivity index (χ3v) is 2.94. The van der Waals surface area contributed by atoms with Crippen molar-refractivity contribution in [2.24, 2.45) is 0 Å². The minimum absolute atomic E-state index is 0.00197. The smallest absolute Gasteiger partial charge is 0.319 e. The normalized spacial score (nSPS) is 19.9. The molecular weight excluding hydrogens is 218 g/mol. The molecule has 2 amide bonds. The largest absolute Gasteiger partial charge is 0.320 e. The molecule has 0 aliphatic carbocycles. The van der Waals surface area contributed by atoms with Gasteiger partial charge in [0.15, 0.2) is 0 Å². The van der Waals surface area contributed by atoms with Crippen molar-refractivity contribution >= 4 is 11.8 Å². The van der Waals surface area contributed by atoms with Crippen LogP contribution in [0, 0.1) is 0 Å². The van der Waals surface area contributed by atoms with Crippen molar-refractivity contribution in [1.29, 1.82) is 0 Å². The number of amides is 2. The summed E-state index contributed by atoms with van der Waals surface area (Å²) in [6.07, 6.45) is 3.42. The molecule has 0 spiro atoms. The quantitative estimate of drug-likeness (QED) is 0.785. The third-order valence-electron chi connectivity index (χ3n) is 2.94. The van der Waals surface area contributed by atoms with Gasteiger partial charge in [-0.25, -0.2) is 4.79 Å². The van der Waals surface area contributed by atoms with Crippen LogP contribution in [0.4, 0.5) is 4.79 Å². The molecule has 0 bridgehead atoms. The number of hydrogen-bond acceptors (Lipinski definition) is 3. The summed E-state index contributed by atoms with van der Waals surface area (Å²) in [4.78, 5) is 30.2. The molecule has 5 nitrogen and oxygen atoms in total. The molecule has 2 rings (SSSR count). The van der Waals surface area contributed by atoms with E-state index in [0.717, 1.165) is 5.56 Å². The lowest BCUT2D eigenvalue weighted by molar-refractivity contribution is -0.117. The fraction of sp³-hybridized carbons (Fsp3) is 0.417. The monoisotopic (exact) mass is 233 g/mol. The molecule has 1 atom stereocenters. The summed E-state index contributed by atoms with van der Waals surface area (Å²) < 4.78 is 0. The first kappa shape index (κ1) is 11.6. The molecular formula is C12H15N3O2. The van der Waals surface area contributed by atoms with E-state index in [-0.39, 0.29) is 24.4 Å². The van der Waals surface area contributed by atoms with E-state index in [1.165, 1.54) is 6.92 Å². The molecule has 17 heavy (non-hydrogen) atoms. The summed E-state index contributed by atoms with van der Waals surface area (Å²) in [5, 5.41) is 0. The fourth-order valence-corrected chi connectivity index (χ4v) is 2.08. The van der Waals surface area contributed by atoms with Gasteiger partial charge in [0.05, 0.1) is 12.6 Å². The van der Waals surface area contributed by atoms with Crippen molar-refractivity contribution in [2.45, 2.75) is 13.0 Å². The Balaban J connectivity index is 2.17. The van der Waals surface area contributed by atoms with Crippen molar-refractivity contribution in [3.05, 3.63) is 30.1 Å². The maximum absolute atomic E-state index is 11.9. The van der Waals surface area contributed by atoms with Crippen molar-refractivity contribution in [1.82, 2.24) is 14.8 Å². The second-order valence-corrected chi connectivity index (χ2v) is 4.27. The highest BCUT2D eigenvalue weighted by molar-refractivity contribution is 5.85. The van der Waals surface area contributed by atoms with Gasteiger partial charge in [-0.2, -0.15) is 0 Å². The van der Waals surface area contributed by atoms with Crippen LogP contribution in [0.15, 0.2) is 24.5 Å². The molecule has 2 heterocycles. The highest BCUT2D eigenvalue weighted by Gasteiger charge is 2.35. The minimum atomic E-state index is -0.0954. The number of aromatic nitrogens is 1. The van der Waals surface area contributed by atoms with E-state index >= 15 is 0 Å². The van der Waals surface area contributed by atoms with E-state index in [4.69, 9.17) is 0 Å². The van der Waals surface area contributed by atoms with E-state index in [9.17, 15) is 9.59 Å². The Bertz CT molecular complexity index is 433. The van der Waals surface area contributed by atoms with Gasteiger partial charge in [0.2, 0.25) is 0 Å². The first-order valence-corrected chi connectivity index (χ1v) is 5.50. The van der Waals surface area contributed by atoms with Gasteiger partial charge in [0.1, 0.15) is 5.78 Å². The van der Waals surface area contributed by atoms with Gasteiger partial charge in [0.25, 0.3) is 0 Å². The SMILES string of the molecule is CC(=O)CN1CC(c2ccncc2)N(C)C1=O. The molecule has 0 aromatic carbocycles. The summed E-state index contributed by atoms with van der Waals surface area (Å²) in [7, 11) is 1.76. The second-order valence-electron chi connectivity index (χ2n) is 4.27. The van der Waals surface area contributed by atoms with Gasteiger partial charge in [-0.05, 0) is 24.6 Å². The molecule has 0 radical (unpaired) electrons. The Labute approximate surface area is 100 Å². The van der Waals surface area contributed by atoms with Gasteiger partial charge < -0.3 is 9.80 Å². The number of urea groups is 1. The number of hydrogen-bond donors (Lipinski definition) is 0. The number of nitrogens with zero attached hydrogens (tertiary/aromatic N) is 3. The van der Waals surface area contributed by atoms with E-state index in [2.05, 4.69) is 4.98 Å². The summed E-state index contributed by atoms with van der Waals surface area (Å²) in [6, 6.07) is 3.70. The zero-order valence-electron chi connectivity index (χ0n) is 9.96. The second kappa shape index (κ2) is 4.53. The van der Waals surface area contributed by atoms with Gasteiger partial charge in [-0.15, -0.1) is 0 Å². The zero-order valence-corrected chi connectivity index (χ0v) is 9.96. The van der Waals surface area contributed by atoms with E-state index < -0.39 is 0 Å². The third kappa shape index (κ3) is 2.27. The molecule has 1 aromatic heterocycles. The van der Waals surface area contributed by atoms with Crippen LogP contribution >= 0.6 is 0 Å². The summed E-state index contributed by atoms with van der Waals surface area (Å²) in [6.45, 7) is 2.23. The Morgan fingerprint density at radius 1 is 1.47 bits per heavy atom. The molecule has 1 unspecified atom stereocenters. The predicted molar refractivity (Wildman–Crippen MR) is 62.4 cm³/mol. The average molecular weight is 233 g/mol. The molecule has 1 aliphatic heterocycles.